The summed E-state index contributed by atoms with van der Waals surface area (Å²) in [6.45, 7) is 6.57. The van der Waals surface area contributed by atoms with Crippen LogP contribution in [0.1, 0.15) is 46.5 Å². The van der Waals surface area contributed by atoms with Gasteiger partial charge >= 0.3 is 12.2 Å². The number of alkyl halides is 3. The Bertz CT molecular complexity index is 508. The van der Waals surface area contributed by atoms with Crippen molar-refractivity contribution in [2.75, 3.05) is 19.6 Å². The van der Waals surface area contributed by atoms with Crippen LogP contribution in [0.2, 0.25) is 0 Å². The van der Waals surface area contributed by atoms with E-state index in [1.165, 1.54) is 11.3 Å². The van der Waals surface area contributed by atoms with Crippen molar-refractivity contribution in [2.24, 2.45) is 16.7 Å². The predicted molar refractivity (Wildman–Crippen MR) is 85.6 cm³/mol. The summed E-state index contributed by atoms with van der Waals surface area (Å²) in [6, 6.07) is -0.283. The van der Waals surface area contributed by atoms with Crippen molar-refractivity contribution in [1.82, 2.24) is 15.5 Å². The van der Waals surface area contributed by atoms with Crippen LogP contribution in [-0.4, -0.2) is 48.8 Å². The Morgan fingerprint density at radius 1 is 1.21 bits per heavy atom. The number of amides is 2. The standard InChI is InChI=1S/C17H28F3N3O/c1-15(2)11-4-6-16(15,3)13(8-11)22-14(24)21-12-5-7-23(9-12)10-17(18,19)20/h11-13H,4-10H2,1-3H3,(H2,21,22,24)/t11-,12-,13+,16-/m0/s1. The first-order chi connectivity index (χ1) is 11.0. The number of likely N-dealkylation sites (tertiary alicyclic amines) is 1. The summed E-state index contributed by atoms with van der Waals surface area (Å²) in [5.74, 6) is 0.640. The van der Waals surface area contributed by atoms with Crippen LogP contribution in [0.25, 0.3) is 0 Å². The van der Waals surface area contributed by atoms with Crippen LogP contribution in [0, 0.1) is 16.7 Å². The van der Waals surface area contributed by atoms with Crippen molar-refractivity contribution in [3.05, 3.63) is 0 Å². The molecule has 2 bridgehead atoms. The average molecular weight is 347 g/mol. The molecule has 2 aliphatic carbocycles. The minimum Gasteiger partial charge on any atom is -0.335 e. The number of carbonyl (C=O) groups is 1. The molecule has 7 heteroatoms. The summed E-state index contributed by atoms with van der Waals surface area (Å²) < 4.78 is 37.3. The van der Waals surface area contributed by atoms with Gasteiger partial charge in [-0.3, -0.25) is 4.90 Å². The summed E-state index contributed by atoms with van der Waals surface area (Å²) >= 11 is 0. The Balaban J connectivity index is 1.49. The number of nitrogens with zero attached hydrogens (tertiary/aromatic N) is 1. The van der Waals surface area contributed by atoms with E-state index in [2.05, 4.69) is 31.4 Å². The second-order valence-electron chi connectivity index (χ2n) is 8.62. The van der Waals surface area contributed by atoms with Crippen molar-refractivity contribution in [3.63, 3.8) is 0 Å². The lowest BCUT2D eigenvalue weighted by Gasteiger charge is -2.39. The molecule has 1 aliphatic heterocycles. The van der Waals surface area contributed by atoms with Crippen molar-refractivity contribution >= 4 is 6.03 Å². The van der Waals surface area contributed by atoms with Gasteiger partial charge < -0.3 is 10.6 Å². The van der Waals surface area contributed by atoms with Crippen LogP contribution in [0.5, 0.6) is 0 Å². The molecule has 138 valence electrons. The number of urea groups is 1. The van der Waals surface area contributed by atoms with Crippen LogP contribution >= 0.6 is 0 Å². The number of carbonyl (C=O) groups excluding carboxylic acids is 1. The Morgan fingerprint density at radius 2 is 1.92 bits per heavy atom. The van der Waals surface area contributed by atoms with Gasteiger partial charge in [0, 0.05) is 25.2 Å². The van der Waals surface area contributed by atoms with E-state index in [0.29, 0.717) is 18.9 Å². The van der Waals surface area contributed by atoms with E-state index in [0.717, 1.165) is 12.8 Å². The maximum absolute atomic E-state index is 12.4. The first-order valence-corrected chi connectivity index (χ1v) is 8.87. The second kappa shape index (κ2) is 5.78. The molecule has 1 saturated heterocycles. The number of halogens is 3. The van der Waals surface area contributed by atoms with E-state index < -0.39 is 12.7 Å². The summed E-state index contributed by atoms with van der Waals surface area (Å²) in [5, 5.41) is 5.97. The first-order valence-electron chi connectivity index (χ1n) is 8.87. The van der Waals surface area contributed by atoms with E-state index in [1.54, 1.807) is 0 Å². The Morgan fingerprint density at radius 3 is 2.46 bits per heavy atom. The van der Waals surface area contributed by atoms with Crippen molar-refractivity contribution in [3.8, 4) is 0 Å². The Hall–Kier alpha value is -0.980. The van der Waals surface area contributed by atoms with E-state index >= 15 is 0 Å². The van der Waals surface area contributed by atoms with E-state index in [4.69, 9.17) is 0 Å². The topological polar surface area (TPSA) is 44.4 Å². The SMILES string of the molecule is CC1(C)[C@H]2CC[C@@]1(C)[C@H](NC(=O)N[C@H]1CCN(CC(F)(F)F)C1)C2. The third-order valence-corrected chi connectivity index (χ3v) is 7.11. The zero-order chi connectivity index (χ0) is 17.8. The molecule has 0 aromatic rings. The highest BCUT2D eigenvalue weighted by Crippen LogP contribution is 2.65. The van der Waals surface area contributed by atoms with Crippen LogP contribution in [0.3, 0.4) is 0 Å². The quantitative estimate of drug-likeness (QED) is 0.824. The molecule has 2 saturated carbocycles. The summed E-state index contributed by atoms with van der Waals surface area (Å²) in [6.07, 6.45) is -0.265. The maximum Gasteiger partial charge on any atom is 0.401 e. The molecule has 0 aromatic carbocycles. The van der Waals surface area contributed by atoms with E-state index in [-0.39, 0.29) is 35.5 Å². The molecule has 24 heavy (non-hydrogen) atoms. The normalized spacial score (nSPS) is 38.5. The number of nitrogens with one attached hydrogen (secondary N) is 2. The highest BCUT2D eigenvalue weighted by atomic mass is 19.4. The highest BCUT2D eigenvalue weighted by Gasteiger charge is 2.61. The van der Waals surface area contributed by atoms with Crippen LogP contribution in [0.15, 0.2) is 0 Å². The molecule has 3 fully saturated rings. The number of hydrogen-bond donors (Lipinski definition) is 2. The van der Waals surface area contributed by atoms with E-state index in [9.17, 15) is 18.0 Å². The van der Waals surface area contributed by atoms with Gasteiger partial charge in [0.05, 0.1) is 6.54 Å². The first kappa shape index (κ1) is 17.8. The molecule has 0 radical (unpaired) electrons. The Labute approximate surface area is 141 Å². The average Bonchev–Trinajstić information content (AvgIpc) is 2.99. The molecular weight excluding hydrogens is 319 g/mol. The highest BCUT2D eigenvalue weighted by molar-refractivity contribution is 5.75. The van der Waals surface area contributed by atoms with Gasteiger partial charge in [0.15, 0.2) is 0 Å². The molecule has 3 rings (SSSR count). The van der Waals surface area contributed by atoms with Gasteiger partial charge in [0.25, 0.3) is 0 Å². The molecule has 0 spiro atoms. The smallest absolute Gasteiger partial charge is 0.335 e. The van der Waals surface area contributed by atoms with Gasteiger partial charge in [-0.15, -0.1) is 0 Å². The Kier molecular flexibility index (Phi) is 4.30. The second-order valence-corrected chi connectivity index (χ2v) is 8.62. The van der Waals surface area contributed by atoms with Crippen molar-refractivity contribution < 1.29 is 18.0 Å². The molecule has 0 unspecified atom stereocenters. The zero-order valence-corrected chi connectivity index (χ0v) is 14.7. The monoisotopic (exact) mass is 347 g/mol. The number of rotatable bonds is 3. The lowest BCUT2D eigenvalue weighted by Crippen LogP contribution is -2.52. The third-order valence-electron chi connectivity index (χ3n) is 7.11. The summed E-state index contributed by atoms with van der Waals surface area (Å²) in [5.41, 5.74) is 0.328. The van der Waals surface area contributed by atoms with Crippen LogP contribution < -0.4 is 10.6 Å². The summed E-state index contributed by atoms with van der Waals surface area (Å²) in [4.78, 5) is 13.7. The van der Waals surface area contributed by atoms with Gasteiger partial charge in [-0.2, -0.15) is 13.2 Å². The van der Waals surface area contributed by atoms with E-state index in [1.807, 2.05) is 0 Å². The van der Waals surface area contributed by atoms with Crippen LogP contribution in [0.4, 0.5) is 18.0 Å². The van der Waals surface area contributed by atoms with Gasteiger partial charge in [-0.1, -0.05) is 20.8 Å². The van der Waals surface area contributed by atoms with Crippen molar-refractivity contribution in [1.29, 1.82) is 0 Å². The fourth-order valence-corrected chi connectivity index (χ4v) is 5.15. The molecule has 4 atom stereocenters. The lowest BCUT2D eigenvalue weighted by atomic mass is 9.69. The van der Waals surface area contributed by atoms with Gasteiger partial charge in [0.2, 0.25) is 0 Å². The largest absolute Gasteiger partial charge is 0.401 e. The minimum absolute atomic E-state index is 0.104. The molecule has 4 nitrogen and oxygen atoms in total. The van der Waals surface area contributed by atoms with Gasteiger partial charge in [0.1, 0.15) is 0 Å². The zero-order valence-electron chi connectivity index (χ0n) is 14.7. The molecule has 1 heterocycles. The van der Waals surface area contributed by atoms with Gasteiger partial charge in [-0.05, 0) is 42.4 Å². The fourth-order valence-electron chi connectivity index (χ4n) is 5.15. The van der Waals surface area contributed by atoms with Crippen molar-refractivity contribution in [2.45, 2.75) is 64.7 Å². The minimum atomic E-state index is -4.18. The third kappa shape index (κ3) is 3.11. The molecule has 2 N–H and O–H groups in total. The maximum atomic E-state index is 12.4. The molecule has 2 amide bonds. The number of hydrogen-bond acceptors (Lipinski definition) is 2. The molecule has 0 aromatic heterocycles. The van der Waals surface area contributed by atoms with Crippen LogP contribution in [-0.2, 0) is 0 Å². The van der Waals surface area contributed by atoms with Gasteiger partial charge in [-0.25, -0.2) is 4.79 Å². The lowest BCUT2D eigenvalue weighted by molar-refractivity contribution is -0.143. The fraction of sp³-hybridized carbons (Fsp3) is 0.941. The molecule has 3 aliphatic rings. The predicted octanol–water partition coefficient (Wildman–Crippen LogP) is 3.14. The number of fused-ring (bicyclic) bond motifs is 2. The summed E-state index contributed by atoms with van der Waals surface area (Å²) in [7, 11) is 0. The molecular formula is C17H28F3N3O.